The third-order valence-corrected chi connectivity index (χ3v) is 3.55. The van der Waals surface area contributed by atoms with Crippen molar-refractivity contribution in [2.45, 2.75) is 71.8 Å². The zero-order chi connectivity index (χ0) is 16.9. The zero-order valence-corrected chi connectivity index (χ0v) is 14.3. The molecule has 1 aromatic rings. The number of carboxylic acid groups (broad SMARTS) is 1. The van der Waals surface area contributed by atoms with Crippen LogP contribution in [0.2, 0.25) is 0 Å². The van der Waals surface area contributed by atoms with Gasteiger partial charge in [-0.1, -0.05) is 44.3 Å². The Labute approximate surface area is 138 Å². The van der Waals surface area contributed by atoms with Crippen molar-refractivity contribution in [2.75, 3.05) is 6.61 Å². The largest absolute Gasteiger partial charge is 0.481 e. The van der Waals surface area contributed by atoms with Crippen molar-refractivity contribution in [3.8, 4) is 6.01 Å². The van der Waals surface area contributed by atoms with Gasteiger partial charge >= 0.3 is 12.0 Å². The molecule has 0 bridgehead atoms. The lowest BCUT2D eigenvalue weighted by Crippen LogP contribution is -2.08. The third kappa shape index (κ3) is 9.01. The van der Waals surface area contributed by atoms with Gasteiger partial charge in [0.25, 0.3) is 0 Å². The number of allylic oxidation sites excluding steroid dienone is 2. The predicted octanol–water partition coefficient (Wildman–Crippen LogP) is 3.83. The molecule has 0 unspecified atom stereocenters. The molecule has 0 saturated carbocycles. The van der Waals surface area contributed by atoms with Crippen LogP contribution in [0, 0.1) is 0 Å². The molecule has 0 saturated heterocycles. The van der Waals surface area contributed by atoms with Crippen molar-refractivity contribution in [3.05, 3.63) is 18.0 Å². The number of nitrogens with zero attached hydrogens (tertiary/aromatic N) is 3. The topological polar surface area (TPSA) is 77.2 Å². The summed E-state index contributed by atoms with van der Waals surface area (Å²) in [7, 11) is 0. The molecule has 130 valence electrons. The van der Waals surface area contributed by atoms with Gasteiger partial charge in [0.2, 0.25) is 0 Å². The highest BCUT2D eigenvalue weighted by Gasteiger charge is 2.06. The second kappa shape index (κ2) is 11.7. The molecule has 1 rings (SSSR count). The molecule has 1 N–H and O–H groups in total. The lowest BCUT2D eigenvalue weighted by molar-refractivity contribution is -0.137. The second-order valence-corrected chi connectivity index (χ2v) is 5.80. The predicted molar refractivity (Wildman–Crippen MR) is 89.5 cm³/mol. The number of unbranched alkanes of at least 4 members (excludes halogenated alkanes) is 5. The number of hydrogen-bond acceptors (Lipinski definition) is 4. The molecule has 23 heavy (non-hydrogen) atoms. The number of ether oxygens (including phenoxy) is 1. The molecule has 0 radical (unpaired) electrons. The van der Waals surface area contributed by atoms with Crippen molar-refractivity contribution in [3.63, 3.8) is 0 Å². The van der Waals surface area contributed by atoms with Gasteiger partial charge in [0.05, 0.1) is 13.2 Å². The lowest BCUT2D eigenvalue weighted by Gasteiger charge is -2.08. The van der Waals surface area contributed by atoms with E-state index in [4.69, 9.17) is 9.84 Å². The van der Waals surface area contributed by atoms with Gasteiger partial charge in [-0.25, -0.2) is 4.68 Å². The molecule has 1 aromatic heterocycles. The first-order chi connectivity index (χ1) is 11.1. The standard InChI is InChI=1S/C17H29N3O3/c1-3-4-5-6-9-12-23-17-18-14-19-20(17)13-15(2)10-7-8-11-16(21)22/h10,14H,3-9,11-13H2,1-2H3,(H,21,22)/b15-10-. The fourth-order valence-electron chi connectivity index (χ4n) is 2.25. The molecule has 0 atom stereocenters. The Morgan fingerprint density at radius 1 is 1.30 bits per heavy atom. The van der Waals surface area contributed by atoms with E-state index in [0.717, 1.165) is 18.4 Å². The van der Waals surface area contributed by atoms with Gasteiger partial charge < -0.3 is 9.84 Å². The van der Waals surface area contributed by atoms with Crippen molar-refractivity contribution in [1.82, 2.24) is 14.8 Å². The Balaban J connectivity index is 2.30. The third-order valence-electron chi connectivity index (χ3n) is 3.55. The van der Waals surface area contributed by atoms with Gasteiger partial charge in [-0.15, -0.1) is 0 Å². The van der Waals surface area contributed by atoms with Gasteiger partial charge in [0.1, 0.15) is 6.33 Å². The minimum Gasteiger partial charge on any atom is -0.481 e. The summed E-state index contributed by atoms with van der Waals surface area (Å²) >= 11 is 0. The Bertz CT molecular complexity index is 483. The van der Waals surface area contributed by atoms with E-state index in [1.54, 1.807) is 4.68 Å². The number of aliphatic carboxylic acids is 1. The molecule has 0 aromatic carbocycles. The Kier molecular flexibility index (Phi) is 9.75. The van der Waals surface area contributed by atoms with Gasteiger partial charge in [0.15, 0.2) is 0 Å². The minimum absolute atomic E-state index is 0.208. The molecule has 0 fully saturated rings. The summed E-state index contributed by atoms with van der Waals surface area (Å²) in [5.41, 5.74) is 1.13. The van der Waals surface area contributed by atoms with Crippen LogP contribution in [0.15, 0.2) is 18.0 Å². The molecule has 0 aliphatic heterocycles. The Morgan fingerprint density at radius 2 is 2.09 bits per heavy atom. The zero-order valence-electron chi connectivity index (χ0n) is 14.3. The highest BCUT2D eigenvalue weighted by atomic mass is 16.5. The van der Waals surface area contributed by atoms with Gasteiger partial charge in [-0.2, -0.15) is 10.1 Å². The smallest absolute Gasteiger partial charge is 0.315 e. The van der Waals surface area contributed by atoms with E-state index < -0.39 is 5.97 Å². The Morgan fingerprint density at radius 3 is 2.83 bits per heavy atom. The second-order valence-electron chi connectivity index (χ2n) is 5.80. The molecular weight excluding hydrogens is 294 g/mol. The molecule has 0 aliphatic carbocycles. The summed E-state index contributed by atoms with van der Waals surface area (Å²) in [5, 5.41) is 12.8. The van der Waals surface area contributed by atoms with Gasteiger partial charge in [0, 0.05) is 6.42 Å². The average Bonchev–Trinajstić information content (AvgIpc) is 2.94. The molecule has 0 amide bonds. The molecule has 1 heterocycles. The number of carbonyl (C=O) groups is 1. The van der Waals surface area contributed by atoms with Crippen molar-refractivity contribution in [1.29, 1.82) is 0 Å². The maximum atomic E-state index is 10.5. The molecule has 6 heteroatoms. The number of carboxylic acids is 1. The summed E-state index contributed by atoms with van der Waals surface area (Å²) in [5.74, 6) is -0.748. The van der Waals surface area contributed by atoms with E-state index in [2.05, 4.69) is 23.1 Å². The van der Waals surface area contributed by atoms with Gasteiger partial charge in [-0.3, -0.25) is 4.79 Å². The highest BCUT2D eigenvalue weighted by Crippen LogP contribution is 2.11. The first-order valence-corrected chi connectivity index (χ1v) is 8.51. The fourth-order valence-corrected chi connectivity index (χ4v) is 2.25. The highest BCUT2D eigenvalue weighted by molar-refractivity contribution is 5.66. The minimum atomic E-state index is -0.748. The number of hydrogen-bond donors (Lipinski definition) is 1. The average molecular weight is 323 g/mol. The summed E-state index contributed by atoms with van der Waals surface area (Å²) in [6.07, 6.45) is 11.2. The van der Waals surface area contributed by atoms with Crippen LogP contribution in [0.5, 0.6) is 6.01 Å². The van der Waals surface area contributed by atoms with Crippen molar-refractivity contribution in [2.24, 2.45) is 0 Å². The molecule has 6 nitrogen and oxygen atoms in total. The van der Waals surface area contributed by atoms with Crippen molar-refractivity contribution < 1.29 is 14.6 Å². The van der Waals surface area contributed by atoms with Crippen LogP contribution in [0.25, 0.3) is 0 Å². The SMILES string of the molecule is CCCCCCCOc1ncnn1C/C(C)=C\CCCC(=O)O. The summed E-state index contributed by atoms with van der Waals surface area (Å²) in [4.78, 5) is 14.6. The van der Waals surface area contributed by atoms with Crippen LogP contribution >= 0.6 is 0 Å². The fraction of sp³-hybridized carbons (Fsp3) is 0.706. The first kappa shape index (κ1) is 19.2. The molecule has 0 aliphatic rings. The van der Waals surface area contributed by atoms with Crippen LogP contribution in [0.4, 0.5) is 0 Å². The molecular formula is C17H29N3O3. The molecule has 0 spiro atoms. The van der Waals surface area contributed by atoms with Crippen LogP contribution in [-0.2, 0) is 11.3 Å². The van der Waals surface area contributed by atoms with E-state index in [9.17, 15) is 4.79 Å². The van der Waals surface area contributed by atoms with E-state index >= 15 is 0 Å². The van der Waals surface area contributed by atoms with Crippen molar-refractivity contribution >= 4 is 5.97 Å². The number of rotatable bonds is 13. The lowest BCUT2D eigenvalue weighted by atomic mass is 10.2. The van der Waals surface area contributed by atoms with Crippen LogP contribution in [0.1, 0.15) is 65.2 Å². The van der Waals surface area contributed by atoms with Gasteiger partial charge in [-0.05, 0) is 26.2 Å². The summed E-state index contributed by atoms with van der Waals surface area (Å²) < 4.78 is 7.44. The maximum Gasteiger partial charge on any atom is 0.315 e. The van der Waals surface area contributed by atoms with E-state index in [-0.39, 0.29) is 6.42 Å². The number of aromatic nitrogens is 3. The first-order valence-electron chi connectivity index (χ1n) is 8.51. The van der Waals surface area contributed by atoms with Crippen LogP contribution in [-0.4, -0.2) is 32.4 Å². The monoisotopic (exact) mass is 323 g/mol. The van der Waals surface area contributed by atoms with Crippen LogP contribution < -0.4 is 4.74 Å². The summed E-state index contributed by atoms with van der Waals surface area (Å²) in [6, 6.07) is 0.554. The Hall–Kier alpha value is -1.85. The normalized spacial score (nSPS) is 11.7. The van der Waals surface area contributed by atoms with E-state index in [1.807, 2.05) is 6.92 Å². The van der Waals surface area contributed by atoms with E-state index in [0.29, 0.717) is 25.6 Å². The van der Waals surface area contributed by atoms with E-state index in [1.165, 1.54) is 32.0 Å². The quantitative estimate of drug-likeness (QED) is 0.441. The maximum absolute atomic E-state index is 10.5. The summed E-state index contributed by atoms with van der Waals surface area (Å²) in [6.45, 7) is 5.51. The van der Waals surface area contributed by atoms with Crippen LogP contribution in [0.3, 0.4) is 0 Å².